The minimum absolute atomic E-state index is 0.00704. The maximum absolute atomic E-state index is 12.4. The summed E-state index contributed by atoms with van der Waals surface area (Å²) in [6.07, 6.45) is 0.507. The summed E-state index contributed by atoms with van der Waals surface area (Å²) < 4.78 is 10.3. The van der Waals surface area contributed by atoms with Crippen molar-refractivity contribution in [3.8, 4) is 5.75 Å². The third kappa shape index (κ3) is 2.92. The molecular formula is C18H23NO4. The minimum atomic E-state index is -0.163. The first kappa shape index (κ1) is 15.8. The Bertz CT molecular complexity index is 598. The van der Waals surface area contributed by atoms with Crippen LogP contribution in [0.4, 0.5) is 0 Å². The van der Waals surface area contributed by atoms with E-state index in [4.69, 9.17) is 9.47 Å². The van der Waals surface area contributed by atoms with Crippen LogP contribution >= 0.6 is 0 Å². The Morgan fingerprint density at radius 3 is 2.61 bits per heavy atom. The summed E-state index contributed by atoms with van der Waals surface area (Å²) in [6, 6.07) is 7.69. The number of hydrogen-bond donors (Lipinski definition) is 0. The highest BCUT2D eigenvalue weighted by Gasteiger charge is 2.64. The van der Waals surface area contributed by atoms with E-state index in [1.54, 1.807) is 7.11 Å². The number of rotatable bonds is 5. The fourth-order valence-electron chi connectivity index (χ4n) is 3.76. The minimum Gasteiger partial charge on any atom is -0.497 e. The number of nitrogens with zero attached hydrogens (tertiary/aromatic N) is 1. The number of hydrogen-bond acceptors (Lipinski definition) is 4. The smallest absolute Gasteiger partial charge is 0.311 e. The van der Waals surface area contributed by atoms with E-state index in [0.29, 0.717) is 19.6 Å². The summed E-state index contributed by atoms with van der Waals surface area (Å²) in [6.45, 7) is 4.79. The molecule has 4 atom stereocenters. The van der Waals surface area contributed by atoms with Gasteiger partial charge in [0.15, 0.2) is 0 Å². The Morgan fingerprint density at radius 2 is 2.00 bits per heavy atom. The lowest BCUT2D eigenvalue weighted by molar-refractivity contribution is -0.145. The van der Waals surface area contributed by atoms with Crippen molar-refractivity contribution in [2.75, 3.05) is 13.7 Å². The SMILES string of the molecule is CCOC(=O)[C@H]1[C@H]2[C@@H]1N(Cc1ccc(OC)cc1)C(=O)C[C@@H]2C. The van der Waals surface area contributed by atoms with E-state index >= 15 is 0 Å². The predicted molar refractivity (Wildman–Crippen MR) is 84.7 cm³/mol. The van der Waals surface area contributed by atoms with Crippen LogP contribution in [-0.4, -0.2) is 36.5 Å². The molecule has 0 unspecified atom stereocenters. The molecule has 23 heavy (non-hydrogen) atoms. The Hall–Kier alpha value is -2.04. The number of ether oxygens (including phenoxy) is 2. The van der Waals surface area contributed by atoms with Gasteiger partial charge in [-0.3, -0.25) is 9.59 Å². The highest BCUT2D eigenvalue weighted by Crippen LogP contribution is 2.53. The van der Waals surface area contributed by atoms with Gasteiger partial charge in [0.25, 0.3) is 0 Å². The molecule has 1 saturated heterocycles. The number of fused-ring (bicyclic) bond motifs is 1. The summed E-state index contributed by atoms with van der Waals surface area (Å²) in [5, 5.41) is 0. The van der Waals surface area contributed by atoms with Crippen molar-refractivity contribution >= 4 is 11.9 Å². The van der Waals surface area contributed by atoms with Crippen LogP contribution in [0.2, 0.25) is 0 Å². The molecule has 1 saturated carbocycles. The van der Waals surface area contributed by atoms with Gasteiger partial charge in [0.2, 0.25) is 5.91 Å². The van der Waals surface area contributed by atoms with Crippen molar-refractivity contribution in [2.24, 2.45) is 17.8 Å². The molecule has 2 fully saturated rings. The molecule has 1 amide bonds. The van der Waals surface area contributed by atoms with Crippen LogP contribution in [0.25, 0.3) is 0 Å². The van der Waals surface area contributed by atoms with Gasteiger partial charge in [-0.1, -0.05) is 19.1 Å². The topological polar surface area (TPSA) is 55.8 Å². The zero-order chi connectivity index (χ0) is 16.6. The Kier molecular flexibility index (Phi) is 4.28. The van der Waals surface area contributed by atoms with E-state index in [1.165, 1.54) is 0 Å². The molecule has 0 bridgehead atoms. The normalized spacial score (nSPS) is 29.0. The number of benzene rings is 1. The molecule has 124 valence electrons. The second-order valence-electron chi connectivity index (χ2n) is 6.40. The van der Waals surface area contributed by atoms with Crippen LogP contribution in [0, 0.1) is 17.8 Å². The number of piperidine rings is 1. The van der Waals surface area contributed by atoms with Gasteiger partial charge in [-0.25, -0.2) is 0 Å². The second-order valence-corrected chi connectivity index (χ2v) is 6.40. The molecule has 0 N–H and O–H groups in total. The van der Waals surface area contributed by atoms with Crippen molar-refractivity contribution < 1.29 is 19.1 Å². The van der Waals surface area contributed by atoms with Crippen LogP contribution in [0.5, 0.6) is 5.75 Å². The molecule has 1 aromatic carbocycles. The van der Waals surface area contributed by atoms with Crippen LogP contribution < -0.4 is 4.74 Å². The first-order valence-corrected chi connectivity index (χ1v) is 8.15. The third-order valence-electron chi connectivity index (χ3n) is 4.94. The van der Waals surface area contributed by atoms with Gasteiger partial charge in [-0.2, -0.15) is 0 Å². The fourth-order valence-corrected chi connectivity index (χ4v) is 3.76. The van der Waals surface area contributed by atoms with Crippen molar-refractivity contribution in [1.29, 1.82) is 0 Å². The first-order chi connectivity index (χ1) is 11.1. The molecule has 5 nitrogen and oxygen atoms in total. The number of likely N-dealkylation sites (tertiary alicyclic amines) is 1. The third-order valence-corrected chi connectivity index (χ3v) is 4.94. The lowest BCUT2D eigenvalue weighted by Gasteiger charge is -2.29. The largest absolute Gasteiger partial charge is 0.497 e. The number of carbonyl (C=O) groups is 2. The van der Waals surface area contributed by atoms with E-state index in [2.05, 4.69) is 6.92 Å². The molecule has 0 radical (unpaired) electrons. The first-order valence-electron chi connectivity index (χ1n) is 8.15. The predicted octanol–water partition coefficient (Wildman–Crippen LogP) is 2.24. The highest BCUT2D eigenvalue weighted by atomic mass is 16.5. The summed E-state index contributed by atoms with van der Waals surface area (Å²) in [5.41, 5.74) is 1.04. The van der Waals surface area contributed by atoms with Crippen molar-refractivity contribution in [1.82, 2.24) is 4.90 Å². The van der Waals surface area contributed by atoms with Gasteiger partial charge in [-0.15, -0.1) is 0 Å². The van der Waals surface area contributed by atoms with E-state index < -0.39 is 0 Å². The van der Waals surface area contributed by atoms with Crippen molar-refractivity contribution in [3.63, 3.8) is 0 Å². The van der Waals surface area contributed by atoms with E-state index in [-0.39, 0.29) is 35.7 Å². The van der Waals surface area contributed by atoms with E-state index in [9.17, 15) is 9.59 Å². The molecule has 1 heterocycles. The van der Waals surface area contributed by atoms with Gasteiger partial charge in [0.1, 0.15) is 5.75 Å². The van der Waals surface area contributed by atoms with Gasteiger partial charge in [0.05, 0.1) is 19.6 Å². The molecule has 1 aliphatic carbocycles. The summed E-state index contributed by atoms with van der Waals surface area (Å²) in [7, 11) is 1.63. The zero-order valence-electron chi connectivity index (χ0n) is 13.8. The molecular weight excluding hydrogens is 294 g/mol. The average Bonchev–Trinajstić information content (AvgIpc) is 3.28. The lowest BCUT2D eigenvalue weighted by atomic mass is 9.96. The number of carbonyl (C=O) groups excluding carboxylic acids is 2. The van der Waals surface area contributed by atoms with Crippen molar-refractivity contribution in [3.05, 3.63) is 29.8 Å². The quantitative estimate of drug-likeness (QED) is 0.782. The van der Waals surface area contributed by atoms with Crippen LogP contribution in [0.15, 0.2) is 24.3 Å². The molecule has 5 heteroatoms. The van der Waals surface area contributed by atoms with E-state index in [0.717, 1.165) is 11.3 Å². The van der Waals surface area contributed by atoms with Crippen molar-refractivity contribution in [2.45, 2.75) is 32.9 Å². The second kappa shape index (κ2) is 6.22. The summed E-state index contributed by atoms with van der Waals surface area (Å²) >= 11 is 0. The van der Waals surface area contributed by atoms with Gasteiger partial charge in [-0.05, 0) is 36.5 Å². The number of amides is 1. The van der Waals surface area contributed by atoms with Crippen LogP contribution in [0.3, 0.4) is 0 Å². The molecule has 2 aliphatic rings. The molecule has 0 aromatic heterocycles. The fraction of sp³-hybridized carbons (Fsp3) is 0.556. The lowest BCUT2D eigenvalue weighted by Crippen LogP contribution is -2.39. The monoisotopic (exact) mass is 317 g/mol. The molecule has 1 aromatic rings. The van der Waals surface area contributed by atoms with Gasteiger partial charge >= 0.3 is 5.97 Å². The number of esters is 1. The zero-order valence-corrected chi connectivity index (χ0v) is 13.8. The maximum Gasteiger partial charge on any atom is 0.311 e. The van der Waals surface area contributed by atoms with Gasteiger partial charge < -0.3 is 14.4 Å². The Morgan fingerprint density at radius 1 is 1.30 bits per heavy atom. The standard InChI is InChI=1S/C18H23NO4/c1-4-23-18(21)16-15-11(2)9-14(20)19(17(15)16)10-12-5-7-13(22-3)8-6-12/h5-8,11,15-17H,4,9-10H2,1-3H3/t11-,15-,16-,17-/m0/s1. The molecule has 0 spiro atoms. The Balaban J connectivity index is 1.75. The Labute approximate surface area is 136 Å². The van der Waals surface area contributed by atoms with E-state index in [1.807, 2.05) is 36.1 Å². The number of methoxy groups -OCH3 is 1. The summed E-state index contributed by atoms with van der Waals surface area (Å²) in [4.78, 5) is 26.4. The highest BCUT2D eigenvalue weighted by molar-refractivity contribution is 5.84. The van der Waals surface area contributed by atoms with Gasteiger partial charge in [0, 0.05) is 19.0 Å². The average molecular weight is 317 g/mol. The maximum atomic E-state index is 12.4. The molecule has 3 rings (SSSR count). The van der Waals surface area contributed by atoms with Crippen LogP contribution in [0.1, 0.15) is 25.8 Å². The molecule has 1 aliphatic heterocycles. The summed E-state index contributed by atoms with van der Waals surface area (Å²) in [5.74, 6) is 1.08. The van der Waals surface area contributed by atoms with Crippen LogP contribution in [-0.2, 0) is 20.9 Å².